The molecular weight excluding hydrogens is 234 g/mol. The number of carbonyl (C=O) groups is 1. The van der Waals surface area contributed by atoms with E-state index in [1.807, 2.05) is 0 Å². The van der Waals surface area contributed by atoms with Crippen molar-refractivity contribution >= 4 is 17.7 Å². The topological polar surface area (TPSA) is 26.3 Å². The maximum absolute atomic E-state index is 12.4. The zero-order valence-corrected chi connectivity index (χ0v) is 10.7. The fraction of sp³-hybridized carbons (Fsp3) is 0.909. The van der Waals surface area contributed by atoms with Gasteiger partial charge in [-0.3, -0.25) is 4.79 Å². The standard InChI is InChI=1S/C11H20F2O2S/c1-3-15-10(14)9-16-8-6-4-5-7-11(2,12)13/h3-9H2,1-2H3. The van der Waals surface area contributed by atoms with Gasteiger partial charge in [-0.15, -0.1) is 0 Å². The van der Waals surface area contributed by atoms with Gasteiger partial charge in [0.1, 0.15) is 0 Å². The largest absolute Gasteiger partial charge is 0.465 e. The first-order valence-corrected chi connectivity index (χ1v) is 6.72. The summed E-state index contributed by atoms with van der Waals surface area (Å²) in [5, 5.41) is 0. The summed E-state index contributed by atoms with van der Waals surface area (Å²) in [6.45, 7) is 3.13. The molecule has 0 N–H and O–H groups in total. The monoisotopic (exact) mass is 254 g/mol. The van der Waals surface area contributed by atoms with Gasteiger partial charge < -0.3 is 4.74 Å². The van der Waals surface area contributed by atoms with Crippen molar-refractivity contribution in [3.8, 4) is 0 Å². The summed E-state index contributed by atoms with van der Waals surface area (Å²) in [4.78, 5) is 10.9. The Morgan fingerprint density at radius 1 is 1.31 bits per heavy atom. The summed E-state index contributed by atoms with van der Waals surface area (Å²) >= 11 is 1.50. The zero-order valence-electron chi connectivity index (χ0n) is 9.93. The van der Waals surface area contributed by atoms with Crippen LogP contribution < -0.4 is 0 Å². The minimum absolute atomic E-state index is 0.0461. The Balaban J connectivity index is 3.19. The van der Waals surface area contributed by atoms with Crippen LogP contribution in [0.1, 0.15) is 39.5 Å². The van der Waals surface area contributed by atoms with E-state index in [0.29, 0.717) is 18.8 Å². The Morgan fingerprint density at radius 2 is 2.00 bits per heavy atom. The number of unbranched alkanes of at least 4 members (excludes halogenated alkanes) is 2. The van der Waals surface area contributed by atoms with Crippen LogP contribution in [0.15, 0.2) is 0 Å². The molecule has 0 heterocycles. The predicted octanol–water partition coefficient (Wildman–Crippen LogP) is 3.50. The molecule has 0 rings (SSSR count). The molecule has 0 atom stereocenters. The molecule has 0 aliphatic carbocycles. The molecular formula is C11H20F2O2S. The zero-order chi connectivity index (χ0) is 12.4. The average molecular weight is 254 g/mol. The summed E-state index contributed by atoms with van der Waals surface area (Å²) in [6, 6.07) is 0. The molecule has 0 saturated heterocycles. The lowest BCUT2D eigenvalue weighted by molar-refractivity contribution is -0.139. The van der Waals surface area contributed by atoms with Crippen LogP contribution in [0.3, 0.4) is 0 Å². The van der Waals surface area contributed by atoms with Gasteiger partial charge in [-0.2, -0.15) is 11.8 Å². The van der Waals surface area contributed by atoms with Crippen LogP contribution in [0.4, 0.5) is 8.78 Å². The van der Waals surface area contributed by atoms with Gasteiger partial charge >= 0.3 is 5.97 Å². The molecule has 0 aromatic carbocycles. The van der Waals surface area contributed by atoms with Crippen molar-refractivity contribution in [2.24, 2.45) is 0 Å². The molecule has 0 fully saturated rings. The number of alkyl halides is 2. The lowest BCUT2D eigenvalue weighted by Gasteiger charge is -2.08. The first-order chi connectivity index (χ1) is 7.45. The summed E-state index contributed by atoms with van der Waals surface area (Å²) in [7, 11) is 0. The van der Waals surface area contributed by atoms with E-state index >= 15 is 0 Å². The molecule has 5 heteroatoms. The molecule has 0 saturated carbocycles. The number of carbonyl (C=O) groups excluding carboxylic acids is 1. The second-order valence-electron chi connectivity index (χ2n) is 3.74. The van der Waals surface area contributed by atoms with E-state index in [9.17, 15) is 13.6 Å². The Hall–Kier alpha value is -0.320. The highest BCUT2D eigenvalue weighted by Gasteiger charge is 2.19. The quantitative estimate of drug-likeness (QED) is 0.465. The van der Waals surface area contributed by atoms with Gasteiger partial charge in [-0.25, -0.2) is 8.78 Å². The third-order valence-electron chi connectivity index (χ3n) is 1.93. The highest BCUT2D eigenvalue weighted by atomic mass is 32.2. The van der Waals surface area contributed by atoms with Gasteiger partial charge in [-0.05, 0) is 32.4 Å². The second kappa shape index (κ2) is 8.79. The summed E-state index contributed by atoms with van der Waals surface area (Å²) in [5.74, 6) is -1.56. The molecule has 0 aromatic rings. The highest BCUT2D eigenvalue weighted by molar-refractivity contribution is 7.99. The Labute approximate surface area is 100 Å². The maximum atomic E-state index is 12.4. The van der Waals surface area contributed by atoms with Crippen molar-refractivity contribution in [3.63, 3.8) is 0 Å². The van der Waals surface area contributed by atoms with Crippen LogP contribution in [-0.2, 0) is 9.53 Å². The lowest BCUT2D eigenvalue weighted by atomic mass is 10.1. The maximum Gasteiger partial charge on any atom is 0.315 e. The summed E-state index contributed by atoms with van der Waals surface area (Å²) < 4.78 is 29.6. The van der Waals surface area contributed by atoms with Crippen molar-refractivity contribution in [3.05, 3.63) is 0 Å². The first-order valence-electron chi connectivity index (χ1n) is 5.57. The average Bonchev–Trinajstić information content (AvgIpc) is 2.15. The number of halogens is 2. The van der Waals surface area contributed by atoms with Crippen molar-refractivity contribution in [1.82, 2.24) is 0 Å². The van der Waals surface area contributed by atoms with Crippen LogP contribution in [0, 0.1) is 0 Å². The number of hydrogen-bond acceptors (Lipinski definition) is 3. The Bertz CT molecular complexity index is 193. The fourth-order valence-corrected chi connectivity index (χ4v) is 1.98. The Kier molecular flexibility index (Phi) is 8.61. The lowest BCUT2D eigenvalue weighted by Crippen LogP contribution is -2.09. The van der Waals surface area contributed by atoms with Crippen molar-refractivity contribution < 1.29 is 18.3 Å². The molecule has 0 bridgehead atoms. The number of thioether (sulfide) groups is 1. The number of esters is 1. The molecule has 0 aliphatic rings. The minimum Gasteiger partial charge on any atom is -0.465 e. The minimum atomic E-state index is -2.54. The molecule has 0 unspecified atom stereocenters. The van der Waals surface area contributed by atoms with E-state index in [4.69, 9.17) is 4.74 Å². The molecule has 2 nitrogen and oxygen atoms in total. The highest BCUT2D eigenvalue weighted by Crippen LogP contribution is 2.20. The molecule has 0 aromatic heterocycles. The number of hydrogen-bond donors (Lipinski definition) is 0. The van der Waals surface area contributed by atoms with Gasteiger partial charge in [0.15, 0.2) is 0 Å². The molecule has 0 spiro atoms. The van der Waals surface area contributed by atoms with E-state index in [-0.39, 0.29) is 12.4 Å². The number of rotatable bonds is 9. The van der Waals surface area contributed by atoms with Gasteiger partial charge in [0, 0.05) is 6.42 Å². The van der Waals surface area contributed by atoms with E-state index in [2.05, 4.69) is 0 Å². The van der Waals surface area contributed by atoms with Gasteiger partial charge in [0.25, 0.3) is 0 Å². The van der Waals surface area contributed by atoms with Gasteiger partial charge in [0.05, 0.1) is 12.4 Å². The molecule has 0 aliphatic heterocycles. The van der Waals surface area contributed by atoms with Crippen LogP contribution in [0.2, 0.25) is 0 Å². The summed E-state index contributed by atoms with van der Waals surface area (Å²) in [6.07, 6.45) is 2.17. The van der Waals surface area contributed by atoms with Crippen LogP contribution in [-0.4, -0.2) is 30.0 Å². The molecule has 0 amide bonds. The van der Waals surface area contributed by atoms with Crippen molar-refractivity contribution in [1.29, 1.82) is 0 Å². The normalized spacial score (nSPS) is 11.5. The third kappa shape index (κ3) is 11.8. The Morgan fingerprint density at radius 3 is 2.56 bits per heavy atom. The molecule has 0 radical (unpaired) electrons. The van der Waals surface area contributed by atoms with Crippen LogP contribution >= 0.6 is 11.8 Å². The smallest absolute Gasteiger partial charge is 0.315 e. The first kappa shape index (κ1) is 15.7. The van der Waals surface area contributed by atoms with Crippen molar-refractivity contribution in [2.45, 2.75) is 45.5 Å². The SMILES string of the molecule is CCOC(=O)CSCCCCCC(C)(F)F. The summed E-state index contributed by atoms with van der Waals surface area (Å²) in [5.41, 5.74) is 0. The second-order valence-corrected chi connectivity index (χ2v) is 4.84. The van der Waals surface area contributed by atoms with Crippen LogP contribution in [0.25, 0.3) is 0 Å². The van der Waals surface area contributed by atoms with Gasteiger partial charge in [-0.1, -0.05) is 6.42 Å². The van der Waals surface area contributed by atoms with E-state index < -0.39 is 5.92 Å². The van der Waals surface area contributed by atoms with E-state index in [0.717, 1.165) is 25.5 Å². The molecule has 16 heavy (non-hydrogen) atoms. The predicted molar refractivity (Wildman–Crippen MR) is 63.0 cm³/mol. The van der Waals surface area contributed by atoms with Gasteiger partial charge in [0.2, 0.25) is 5.92 Å². The van der Waals surface area contributed by atoms with Crippen LogP contribution in [0.5, 0.6) is 0 Å². The third-order valence-corrected chi connectivity index (χ3v) is 2.95. The molecule has 96 valence electrons. The van der Waals surface area contributed by atoms with E-state index in [1.54, 1.807) is 6.92 Å². The number of ether oxygens (including phenoxy) is 1. The van der Waals surface area contributed by atoms with E-state index in [1.165, 1.54) is 11.8 Å². The van der Waals surface area contributed by atoms with Crippen molar-refractivity contribution in [2.75, 3.05) is 18.1 Å². The fourth-order valence-electron chi connectivity index (χ4n) is 1.17.